The van der Waals surface area contributed by atoms with Crippen molar-refractivity contribution < 1.29 is 13.2 Å². The van der Waals surface area contributed by atoms with E-state index in [1.54, 1.807) is 24.3 Å². The maximum absolute atomic E-state index is 12.2. The maximum atomic E-state index is 12.2. The highest BCUT2D eigenvalue weighted by Gasteiger charge is 2.35. The molecule has 1 aliphatic rings. The SMILES string of the molecule is CC1(C(=O)Nc2cccc(NS(C)(=O)=O)c2)CCCN1. The Morgan fingerprint density at radius 1 is 1.35 bits per heavy atom. The maximum Gasteiger partial charge on any atom is 0.244 e. The topological polar surface area (TPSA) is 87.3 Å². The molecule has 0 bridgehead atoms. The number of benzene rings is 1. The third kappa shape index (κ3) is 3.71. The predicted molar refractivity (Wildman–Crippen MR) is 79.2 cm³/mol. The number of carbonyl (C=O) groups excluding carboxylic acids is 1. The van der Waals surface area contributed by atoms with Gasteiger partial charge in [-0.05, 0) is 44.5 Å². The van der Waals surface area contributed by atoms with Crippen molar-refractivity contribution in [3.8, 4) is 0 Å². The van der Waals surface area contributed by atoms with E-state index in [9.17, 15) is 13.2 Å². The molecular formula is C13H19N3O3S. The average Bonchev–Trinajstić information content (AvgIpc) is 2.76. The van der Waals surface area contributed by atoms with Gasteiger partial charge in [-0.25, -0.2) is 8.42 Å². The molecule has 0 aliphatic carbocycles. The van der Waals surface area contributed by atoms with Crippen molar-refractivity contribution >= 4 is 27.3 Å². The number of anilines is 2. The molecule has 1 fully saturated rings. The molecular weight excluding hydrogens is 278 g/mol. The summed E-state index contributed by atoms with van der Waals surface area (Å²) in [7, 11) is -3.33. The van der Waals surface area contributed by atoms with Gasteiger partial charge in [-0.3, -0.25) is 9.52 Å². The van der Waals surface area contributed by atoms with Crippen molar-refractivity contribution in [3.05, 3.63) is 24.3 Å². The van der Waals surface area contributed by atoms with E-state index in [-0.39, 0.29) is 5.91 Å². The largest absolute Gasteiger partial charge is 0.324 e. The summed E-state index contributed by atoms with van der Waals surface area (Å²) in [5.41, 5.74) is 0.439. The van der Waals surface area contributed by atoms with Crippen LogP contribution in [0.2, 0.25) is 0 Å². The monoisotopic (exact) mass is 297 g/mol. The van der Waals surface area contributed by atoms with Gasteiger partial charge in [0.1, 0.15) is 0 Å². The number of hydrogen-bond acceptors (Lipinski definition) is 4. The Hall–Kier alpha value is -1.60. The van der Waals surface area contributed by atoms with Crippen LogP contribution < -0.4 is 15.4 Å². The van der Waals surface area contributed by atoms with E-state index in [1.165, 1.54) is 0 Å². The minimum atomic E-state index is -3.33. The highest BCUT2D eigenvalue weighted by molar-refractivity contribution is 7.92. The first-order chi connectivity index (χ1) is 9.28. The fourth-order valence-corrected chi connectivity index (χ4v) is 2.79. The molecule has 1 unspecified atom stereocenters. The molecule has 110 valence electrons. The van der Waals surface area contributed by atoms with E-state index < -0.39 is 15.6 Å². The molecule has 6 nitrogen and oxygen atoms in total. The summed E-state index contributed by atoms with van der Waals surface area (Å²) in [6.45, 7) is 2.70. The van der Waals surface area contributed by atoms with Crippen LogP contribution in [0.4, 0.5) is 11.4 Å². The van der Waals surface area contributed by atoms with Crippen LogP contribution in [-0.2, 0) is 14.8 Å². The van der Waals surface area contributed by atoms with Crippen molar-refractivity contribution in [2.45, 2.75) is 25.3 Å². The summed E-state index contributed by atoms with van der Waals surface area (Å²) in [4.78, 5) is 12.2. The van der Waals surface area contributed by atoms with E-state index in [4.69, 9.17) is 0 Å². The van der Waals surface area contributed by atoms with E-state index >= 15 is 0 Å². The lowest BCUT2D eigenvalue weighted by atomic mass is 9.99. The van der Waals surface area contributed by atoms with Crippen molar-refractivity contribution in [3.63, 3.8) is 0 Å². The van der Waals surface area contributed by atoms with Gasteiger partial charge in [-0.1, -0.05) is 6.07 Å². The van der Waals surface area contributed by atoms with Crippen LogP contribution in [0.5, 0.6) is 0 Å². The minimum absolute atomic E-state index is 0.105. The van der Waals surface area contributed by atoms with Crippen molar-refractivity contribution in [2.75, 3.05) is 22.8 Å². The molecule has 2 rings (SSSR count). The smallest absolute Gasteiger partial charge is 0.244 e. The van der Waals surface area contributed by atoms with E-state index in [1.807, 2.05) is 6.92 Å². The molecule has 1 aromatic carbocycles. The van der Waals surface area contributed by atoms with Crippen LogP contribution in [0.25, 0.3) is 0 Å². The fourth-order valence-electron chi connectivity index (χ4n) is 2.23. The number of nitrogens with one attached hydrogen (secondary N) is 3. The summed E-state index contributed by atoms with van der Waals surface area (Å²) in [5.74, 6) is -0.105. The van der Waals surface area contributed by atoms with Crippen molar-refractivity contribution in [1.82, 2.24) is 5.32 Å². The minimum Gasteiger partial charge on any atom is -0.324 e. The Kier molecular flexibility index (Phi) is 4.01. The van der Waals surface area contributed by atoms with Crippen molar-refractivity contribution in [1.29, 1.82) is 0 Å². The van der Waals surface area contributed by atoms with Gasteiger partial charge in [0.05, 0.1) is 17.5 Å². The molecule has 7 heteroatoms. The van der Waals surface area contributed by atoms with Crippen LogP contribution in [-0.4, -0.2) is 32.7 Å². The first-order valence-electron chi connectivity index (χ1n) is 6.43. The summed E-state index contributed by atoms with van der Waals surface area (Å²) >= 11 is 0. The Morgan fingerprint density at radius 3 is 2.65 bits per heavy atom. The lowest BCUT2D eigenvalue weighted by Gasteiger charge is -2.23. The van der Waals surface area contributed by atoms with Gasteiger partial charge < -0.3 is 10.6 Å². The lowest BCUT2D eigenvalue weighted by Crippen LogP contribution is -2.47. The summed E-state index contributed by atoms with van der Waals surface area (Å²) in [6.07, 6.45) is 2.85. The zero-order valence-corrected chi connectivity index (χ0v) is 12.4. The molecule has 20 heavy (non-hydrogen) atoms. The first kappa shape index (κ1) is 14.8. The van der Waals surface area contributed by atoms with E-state index in [2.05, 4.69) is 15.4 Å². The van der Waals surface area contributed by atoms with E-state index in [0.717, 1.165) is 25.6 Å². The van der Waals surface area contributed by atoms with Gasteiger partial charge in [0.25, 0.3) is 0 Å². The molecule has 3 N–H and O–H groups in total. The number of amides is 1. The Labute approximate surface area is 119 Å². The molecule has 0 spiro atoms. The third-order valence-electron chi connectivity index (χ3n) is 3.29. The summed E-state index contributed by atoms with van der Waals surface area (Å²) in [5, 5.41) is 6.00. The number of rotatable bonds is 4. The van der Waals surface area contributed by atoms with E-state index in [0.29, 0.717) is 11.4 Å². The Morgan fingerprint density at radius 2 is 2.05 bits per heavy atom. The first-order valence-corrected chi connectivity index (χ1v) is 8.32. The normalized spacial score (nSPS) is 22.5. The number of hydrogen-bond donors (Lipinski definition) is 3. The van der Waals surface area contributed by atoms with Crippen LogP contribution in [0.3, 0.4) is 0 Å². The van der Waals surface area contributed by atoms with Crippen molar-refractivity contribution in [2.24, 2.45) is 0 Å². The standard InChI is InChI=1S/C13H19N3O3S/c1-13(7-4-8-14-13)12(17)15-10-5-3-6-11(9-10)16-20(2,18)19/h3,5-6,9,14,16H,4,7-8H2,1-2H3,(H,15,17). The molecule has 1 saturated heterocycles. The van der Waals surface area contributed by atoms with Gasteiger partial charge in [0.2, 0.25) is 15.9 Å². The molecule has 1 atom stereocenters. The second-order valence-corrected chi connectivity index (χ2v) is 7.02. The van der Waals surface area contributed by atoms with Crippen LogP contribution >= 0.6 is 0 Å². The van der Waals surface area contributed by atoms with Gasteiger partial charge >= 0.3 is 0 Å². The highest BCUT2D eigenvalue weighted by Crippen LogP contribution is 2.22. The molecule has 1 amide bonds. The van der Waals surface area contributed by atoms with Gasteiger partial charge in [0, 0.05) is 5.69 Å². The Bertz CT molecular complexity index is 607. The molecule has 1 aromatic rings. The van der Waals surface area contributed by atoms with Gasteiger partial charge in [-0.15, -0.1) is 0 Å². The number of sulfonamides is 1. The third-order valence-corrected chi connectivity index (χ3v) is 3.90. The highest BCUT2D eigenvalue weighted by atomic mass is 32.2. The Balaban J connectivity index is 2.10. The van der Waals surface area contributed by atoms with Crippen LogP contribution in [0, 0.1) is 0 Å². The predicted octanol–water partition coefficient (Wildman–Crippen LogP) is 1.14. The second-order valence-electron chi connectivity index (χ2n) is 5.27. The van der Waals surface area contributed by atoms with Crippen LogP contribution in [0.1, 0.15) is 19.8 Å². The van der Waals surface area contributed by atoms with Crippen LogP contribution in [0.15, 0.2) is 24.3 Å². The summed E-state index contributed by atoms with van der Waals surface area (Å²) in [6, 6.07) is 6.64. The zero-order valence-electron chi connectivity index (χ0n) is 11.6. The molecule has 0 aromatic heterocycles. The number of carbonyl (C=O) groups is 1. The average molecular weight is 297 g/mol. The van der Waals surface area contributed by atoms with Gasteiger partial charge in [0.15, 0.2) is 0 Å². The molecule has 0 saturated carbocycles. The molecule has 0 radical (unpaired) electrons. The quantitative estimate of drug-likeness (QED) is 0.777. The molecule has 1 aliphatic heterocycles. The second kappa shape index (κ2) is 5.41. The fraction of sp³-hybridized carbons (Fsp3) is 0.462. The molecule has 1 heterocycles. The van der Waals surface area contributed by atoms with Gasteiger partial charge in [-0.2, -0.15) is 0 Å². The lowest BCUT2D eigenvalue weighted by molar-refractivity contribution is -0.121. The zero-order chi connectivity index (χ0) is 14.8. The summed E-state index contributed by atoms with van der Waals surface area (Å²) < 4.78 is 24.8.